The number of benzene rings is 1. The zero-order chi connectivity index (χ0) is 57.3. The molecule has 1 atom stereocenters. The molecule has 2 aliphatic rings. The third kappa shape index (κ3) is 34.5. The Kier molecular flexibility index (Phi) is 46.4. The van der Waals surface area contributed by atoms with Crippen LogP contribution >= 0.6 is 0 Å². The normalized spacial score (nSPS) is 17.0. The minimum atomic E-state index is -0.463. The lowest BCUT2D eigenvalue weighted by molar-refractivity contribution is -0.128. The fourth-order valence-corrected chi connectivity index (χ4v) is 8.42. The minimum Gasteiger partial charge on any atom is -0.381 e. The van der Waals surface area contributed by atoms with Crippen LogP contribution in [0.15, 0.2) is 89.1 Å². The van der Waals surface area contributed by atoms with E-state index in [2.05, 4.69) is 127 Å². The lowest BCUT2D eigenvalue weighted by Gasteiger charge is -2.36. The van der Waals surface area contributed by atoms with Crippen molar-refractivity contribution < 1.29 is 18.7 Å². The van der Waals surface area contributed by atoms with Crippen LogP contribution in [0, 0.1) is 47.8 Å². The first kappa shape index (κ1) is 75.9. The Morgan fingerprint density at radius 2 is 1.44 bits per heavy atom. The zero-order valence-electron chi connectivity index (χ0n) is 52.2. The minimum absolute atomic E-state index is 0.0243. The smallest absolute Gasteiger partial charge is 0.146 e. The maximum absolute atomic E-state index is 14.3. The summed E-state index contributed by atoms with van der Waals surface area (Å²) in [6.07, 6.45) is 24.9. The van der Waals surface area contributed by atoms with E-state index in [1.54, 1.807) is 12.2 Å². The van der Waals surface area contributed by atoms with E-state index in [1.807, 2.05) is 81.5 Å². The molecule has 73 heavy (non-hydrogen) atoms. The standard InChI is InChI=1S/C36H51FN2O.C8H16.C8H18.C5H10O.C4H8O.C4H10.C2H6/c1-12-17-33(32(37)16-5)39-29(11)28(10)34(38-22-15-4)24-26(8)30-18-19-31(27(9)23-30)36(20-13-2,21-14-3)35(40)25(6)7;1-3-4-8-5-7(2)6-8;1-5-7-8(3,4)6-2;1-5-2-3-6-4-5;1-4(2)3-5;1-4(2)3;1-2/h12,16-19,22-25,39H,5,8,13-15,20-21H2,1-4,6-7,9-11H3;7-8H,3-6H2,1-2H3;5-7H2,1-4H3;5H,2-4H2,1H3;3-4H,1-2H3;4H,1-3H3;1-2H3/b17-12-,29-28+,33-32-,34-24+,38-22?;;;;;;. The summed E-state index contributed by atoms with van der Waals surface area (Å²) >= 11 is 0. The van der Waals surface area contributed by atoms with Gasteiger partial charge in [0.2, 0.25) is 0 Å². The molecule has 0 spiro atoms. The van der Waals surface area contributed by atoms with Crippen LogP contribution in [0.4, 0.5) is 4.39 Å². The summed E-state index contributed by atoms with van der Waals surface area (Å²) in [5.74, 6) is 3.89. The topological polar surface area (TPSA) is 67.8 Å². The summed E-state index contributed by atoms with van der Waals surface area (Å²) in [5.41, 5.74) is 6.91. The van der Waals surface area contributed by atoms with Crippen molar-refractivity contribution in [2.75, 3.05) is 13.2 Å². The van der Waals surface area contributed by atoms with Gasteiger partial charge in [0.25, 0.3) is 0 Å². The summed E-state index contributed by atoms with van der Waals surface area (Å²) < 4.78 is 19.4. The van der Waals surface area contributed by atoms with Crippen molar-refractivity contribution in [2.24, 2.45) is 45.9 Å². The second kappa shape index (κ2) is 44.6. The van der Waals surface area contributed by atoms with E-state index < -0.39 is 11.2 Å². The Morgan fingerprint density at radius 1 is 0.904 bits per heavy atom. The van der Waals surface area contributed by atoms with Crippen LogP contribution in [0.25, 0.3) is 5.57 Å². The van der Waals surface area contributed by atoms with Crippen molar-refractivity contribution in [3.05, 3.63) is 101 Å². The molecule has 1 aliphatic carbocycles. The molecule has 1 heterocycles. The fraction of sp³-hybridized carbons (Fsp3) is 0.687. The maximum Gasteiger partial charge on any atom is 0.146 e. The van der Waals surface area contributed by atoms with Crippen molar-refractivity contribution in [2.45, 2.75) is 248 Å². The highest BCUT2D eigenvalue weighted by atomic mass is 19.1. The third-order valence-electron chi connectivity index (χ3n) is 12.7. The van der Waals surface area contributed by atoms with Crippen LogP contribution in [0.2, 0.25) is 0 Å². The molecule has 1 saturated carbocycles. The lowest BCUT2D eigenvalue weighted by atomic mass is 9.66. The Bertz CT molecular complexity index is 1760. The van der Waals surface area contributed by atoms with Crippen LogP contribution in [-0.4, -0.2) is 31.5 Å². The molecule has 1 saturated heterocycles. The number of aryl methyl sites for hydroxylation is 1. The third-order valence-corrected chi connectivity index (χ3v) is 12.7. The number of carbonyl (C=O) groups excluding carboxylic acids is 2. The van der Waals surface area contributed by atoms with Gasteiger partial charge in [-0.2, -0.15) is 0 Å². The van der Waals surface area contributed by atoms with Crippen molar-refractivity contribution >= 4 is 23.9 Å². The van der Waals surface area contributed by atoms with E-state index in [9.17, 15) is 14.0 Å². The molecule has 0 bridgehead atoms. The van der Waals surface area contributed by atoms with Crippen LogP contribution < -0.4 is 5.32 Å². The molecule has 1 unspecified atom stereocenters. The van der Waals surface area contributed by atoms with Gasteiger partial charge in [-0.05, 0) is 148 Å². The summed E-state index contributed by atoms with van der Waals surface area (Å²) in [4.78, 5) is 27.8. The molecule has 1 aromatic rings. The zero-order valence-corrected chi connectivity index (χ0v) is 52.2. The fourth-order valence-electron chi connectivity index (χ4n) is 8.42. The molecule has 0 amide bonds. The highest BCUT2D eigenvalue weighted by molar-refractivity contribution is 5.92. The van der Waals surface area contributed by atoms with E-state index in [1.165, 1.54) is 57.4 Å². The van der Waals surface area contributed by atoms with Crippen LogP contribution in [0.3, 0.4) is 0 Å². The average molecular weight is 1020 g/mol. The number of hydrogen-bond acceptors (Lipinski definition) is 5. The van der Waals surface area contributed by atoms with Crippen molar-refractivity contribution in [1.82, 2.24) is 5.32 Å². The molecular formula is C67H119FN2O3. The van der Waals surface area contributed by atoms with E-state index in [-0.39, 0.29) is 11.8 Å². The molecule has 2 fully saturated rings. The lowest BCUT2D eigenvalue weighted by Crippen LogP contribution is -2.39. The number of rotatable bonds is 22. The molecule has 1 aromatic carbocycles. The number of allylic oxidation sites excluding steroid dienone is 8. The molecule has 6 heteroatoms. The number of ether oxygens (including phenoxy) is 1. The van der Waals surface area contributed by atoms with Gasteiger partial charge in [0.15, 0.2) is 0 Å². The Labute approximate surface area is 454 Å². The first-order chi connectivity index (χ1) is 34.3. The summed E-state index contributed by atoms with van der Waals surface area (Å²) in [6.45, 7) is 58.3. The molecule has 1 aliphatic heterocycles. The first-order valence-corrected chi connectivity index (χ1v) is 29.0. The van der Waals surface area contributed by atoms with E-state index in [0.717, 1.165) is 115 Å². The van der Waals surface area contributed by atoms with Gasteiger partial charge >= 0.3 is 0 Å². The van der Waals surface area contributed by atoms with Gasteiger partial charge in [0.1, 0.15) is 17.9 Å². The van der Waals surface area contributed by atoms with E-state index >= 15 is 0 Å². The first-order valence-electron chi connectivity index (χ1n) is 29.0. The van der Waals surface area contributed by atoms with Gasteiger partial charge in [-0.25, -0.2) is 4.39 Å². The number of halogens is 1. The molecule has 5 nitrogen and oxygen atoms in total. The maximum atomic E-state index is 14.3. The van der Waals surface area contributed by atoms with E-state index in [0.29, 0.717) is 16.9 Å². The summed E-state index contributed by atoms with van der Waals surface area (Å²) in [6, 6.07) is 6.35. The number of aliphatic imine (C=N–C) groups is 1. The van der Waals surface area contributed by atoms with Gasteiger partial charge in [-0.3, -0.25) is 9.79 Å². The Hall–Kier alpha value is -3.64. The predicted octanol–water partition coefficient (Wildman–Crippen LogP) is 20.9. The molecule has 3 rings (SSSR count). The highest BCUT2D eigenvalue weighted by Gasteiger charge is 2.40. The molecule has 0 aromatic heterocycles. The monoisotopic (exact) mass is 1020 g/mol. The number of Topliss-reactive ketones (excluding diaryl/α,β-unsaturated/α-hetero) is 1. The van der Waals surface area contributed by atoms with Crippen LogP contribution in [-0.2, 0) is 19.7 Å². The average Bonchev–Trinajstić information content (AvgIpc) is 3.83. The Morgan fingerprint density at radius 3 is 1.77 bits per heavy atom. The van der Waals surface area contributed by atoms with Crippen LogP contribution in [0.5, 0.6) is 0 Å². The van der Waals surface area contributed by atoms with Gasteiger partial charge in [-0.15, -0.1) is 0 Å². The highest BCUT2D eigenvalue weighted by Crippen LogP contribution is 2.40. The quantitative estimate of drug-likeness (QED) is 0.0714. The summed E-state index contributed by atoms with van der Waals surface area (Å²) in [5, 5.41) is 3.16. The van der Waals surface area contributed by atoms with Gasteiger partial charge in [0.05, 0.1) is 16.8 Å². The number of hydrogen-bond donors (Lipinski definition) is 1. The number of ketones is 1. The Balaban J connectivity index is -0.000000569. The van der Waals surface area contributed by atoms with Gasteiger partial charge < -0.3 is 14.8 Å². The number of nitrogens with one attached hydrogen (secondary N) is 1. The van der Waals surface area contributed by atoms with Crippen LogP contribution in [0.1, 0.15) is 252 Å². The molecular weight excluding hydrogens is 900 g/mol. The molecule has 422 valence electrons. The van der Waals surface area contributed by atoms with Gasteiger partial charge in [-0.1, -0.05) is 208 Å². The number of aldehydes is 1. The van der Waals surface area contributed by atoms with Crippen molar-refractivity contribution in [3.63, 3.8) is 0 Å². The number of nitrogens with zero attached hydrogens (tertiary/aromatic N) is 1. The van der Waals surface area contributed by atoms with Gasteiger partial charge in [0, 0.05) is 37.0 Å². The van der Waals surface area contributed by atoms with Crippen molar-refractivity contribution in [3.8, 4) is 0 Å². The second-order valence-electron chi connectivity index (χ2n) is 22.3. The largest absolute Gasteiger partial charge is 0.381 e. The van der Waals surface area contributed by atoms with E-state index in [4.69, 9.17) is 9.73 Å². The summed E-state index contributed by atoms with van der Waals surface area (Å²) in [7, 11) is 0. The van der Waals surface area contributed by atoms with Crippen molar-refractivity contribution in [1.29, 1.82) is 0 Å². The molecule has 1 N–H and O–H groups in total. The number of carbonyl (C=O) groups is 2. The molecule has 0 radical (unpaired) electrons. The SMILES string of the molecule is C=C/C(F)=C(\C=C/C)N/C(C)=C(C)/C(=C\C(=C)c1ccc(C(CCC)(CCC)C(=O)C(C)C)c(C)c1)N=CCC.CC.CC(C)C.CC(C)C=O.CC1CCOC1.CCCC(C)(C)CC.CCCC1CC(C)C1. The second-order valence-corrected chi connectivity index (χ2v) is 22.3. The predicted molar refractivity (Wildman–Crippen MR) is 326 cm³/mol.